The van der Waals surface area contributed by atoms with Crippen molar-refractivity contribution in [3.63, 3.8) is 0 Å². The van der Waals surface area contributed by atoms with E-state index >= 15 is 0 Å². The van der Waals surface area contributed by atoms with E-state index in [0.717, 1.165) is 6.07 Å². The van der Waals surface area contributed by atoms with Crippen LogP contribution in [0.4, 0.5) is 22.0 Å². The molecule has 1 aromatic carbocycles. The molecule has 0 atom stereocenters. The van der Waals surface area contributed by atoms with Gasteiger partial charge < -0.3 is 0 Å². The Morgan fingerprint density at radius 2 is 1.70 bits per heavy atom. The molecule has 9 heteroatoms. The Labute approximate surface area is 189 Å². The van der Waals surface area contributed by atoms with Crippen molar-refractivity contribution in [2.24, 2.45) is 5.41 Å². The first kappa shape index (κ1) is 23.6. The first-order chi connectivity index (χ1) is 15.4. The molecule has 1 saturated heterocycles. The number of rotatable bonds is 4. The van der Waals surface area contributed by atoms with Crippen molar-refractivity contribution < 1.29 is 22.0 Å². The van der Waals surface area contributed by atoms with Crippen molar-refractivity contribution in [3.05, 3.63) is 64.6 Å². The molecular formula is C24H27F5N4. The molecule has 4 nitrogen and oxygen atoms in total. The molecule has 1 fully saturated rings. The van der Waals surface area contributed by atoms with E-state index in [1.54, 1.807) is 6.20 Å². The van der Waals surface area contributed by atoms with Crippen LogP contribution in [-0.4, -0.2) is 32.6 Å². The topological polar surface area (TPSA) is 33.4 Å². The average molecular weight is 466 g/mol. The molecule has 0 N–H and O–H groups in total. The predicted octanol–water partition coefficient (Wildman–Crippen LogP) is 5.99. The van der Waals surface area contributed by atoms with Crippen LogP contribution in [0.5, 0.6) is 0 Å². The molecule has 0 amide bonds. The standard InChI is InChI=1S/C24H27F5N4/c1-23(2,3)13-20-30-31-22-21(24(27,28)29)16(8-11-33(20)22)14-32-9-6-15(7-10-32)18-5-4-17(25)12-19(18)26/h4-5,8,11-12,15H,6-7,9-10,13-14H2,1-3H3. The maximum Gasteiger partial charge on any atom is 0.420 e. The maximum absolute atomic E-state index is 14.1. The van der Waals surface area contributed by atoms with Crippen molar-refractivity contribution in [3.8, 4) is 0 Å². The quantitative estimate of drug-likeness (QED) is 0.443. The van der Waals surface area contributed by atoms with Crippen LogP contribution < -0.4 is 0 Å². The zero-order chi connectivity index (χ0) is 24.0. The van der Waals surface area contributed by atoms with E-state index in [1.165, 1.54) is 22.6 Å². The van der Waals surface area contributed by atoms with E-state index < -0.39 is 23.4 Å². The zero-order valence-corrected chi connectivity index (χ0v) is 18.9. The first-order valence-electron chi connectivity index (χ1n) is 11.0. The van der Waals surface area contributed by atoms with E-state index in [0.29, 0.717) is 43.7 Å². The maximum atomic E-state index is 14.1. The van der Waals surface area contributed by atoms with Crippen molar-refractivity contribution in [1.82, 2.24) is 19.5 Å². The highest BCUT2D eigenvalue weighted by molar-refractivity contribution is 5.53. The van der Waals surface area contributed by atoms with Crippen molar-refractivity contribution >= 4 is 5.65 Å². The predicted molar refractivity (Wildman–Crippen MR) is 115 cm³/mol. The molecule has 4 rings (SSSR count). The number of likely N-dealkylation sites (tertiary alicyclic amines) is 1. The fourth-order valence-corrected chi connectivity index (χ4v) is 4.55. The Morgan fingerprint density at radius 3 is 2.30 bits per heavy atom. The lowest BCUT2D eigenvalue weighted by Gasteiger charge is -2.33. The minimum absolute atomic E-state index is 0.0807. The summed E-state index contributed by atoms with van der Waals surface area (Å²) in [5, 5.41) is 7.93. The second kappa shape index (κ2) is 8.66. The lowest BCUT2D eigenvalue weighted by molar-refractivity contribution is -0.137. The summed E-state index contributed by atoms with van der Waals surface area (Å²) in [7, 11) is 0. The smallest absolute Gasteiger partial charge is 0.299 e. The molecule has 178 valence electrons. The highest BCUT2D eigenvalue weighted by Crippen LogP contribution is 2.37. The Bertz CT molecular complexity index is 1140. The summed E-state index contributed by atoms with van der Waals surface area (Å²) in [6.07, 6.45) is -1.28. The van der Waals surface area contributed by atoms with Crippen LogP contribution in [0, 0.1) is 17.0 Å². The third kappa shape index (κ3) is 5.18. The van der Waals surface area contributed by atoms with E-state index in [1.807, 2.05) is 25.7 Å². The molecule has 3 aromatic rings. The van der Waals surface area contributed by atoms with Crippen LogP contribution >= 0.6 is 0 Å². The van der Waals surface area contributed by atoms with Crippen molar-refractivity contribution in [2.45, 2.75) is 58.7 Å². The summed E-state index contributed by atoms with van der Waals surface area (Å²) < 4.78 is 71.0. The van der Waals surface area contributed by atoms with Crippen LogP contribution in [-0.2, 0) is 19.1 Å². The van der Waals surface area contributed by atoms with Gasteiger partial charge in [0.05, 0.1) is 0 Å². The van der Waals surface area contributed by atoms with Gasteiger partial charge in [0.1, 0.15) is 23.0 Å². The zero-order valence-electron chi connectivity index (χ0n) is 18.9. The van der Waals surface area contributed by atoms with Crippen LogP contribution in [0.15, 0.2) is 30.5 Å². The first-order valence-corrected chi connectivity index (χ1v) is 11.0. The largest absolute Gasteiger partial charge is 0.420 e. The number of pyridine rings is 1. The molecule has 0 bridgehead atoms. The van der Waals surface area contributed by atoms with Crippen LogP contribution in [0.2, 0.25) is 0 Å². The molecule has 33 heavy (non-hydrogen) atoms. The van der Waals surface area contributed by atoms with Gasteiger partial charge in [-0.25, -0.2) is 8.78 Å². The second-order valence-corrected chi connectivity index (χ2v) is 9.98. The lowest BCUT2D eigenvalue weighted by Crippen LogP contribution is -2.33. The third-order valence-corrected chi connectivity index (χ3v) is 6.09. The summed E-state index contributed by atoms with van der Waals surface area (Å²) in [5.41, 5.74) is -0.472. The number of hydrogen-bond donors (Lipinski definition) is 0. The van der Waals surface area contributed by atoms with Crippen LogP contribution in [0.25, 0.3) is 5.65 Å². The molecule has 1 aliphatic heterocycles. The van der Waals surface area contributed by atoms with E-state index in [-0.39, 0.29) is 29.1 Å². The fraction of sp³-hybridized carbons (Fsp3) is 0.500. The summed E-state index contributed by atoms with van der Waals surface area (Å²) >= 11 is 0. The molecule has 0 unspecified atom stereocenters. The highest BCUT2D eigenvalue weighted by Gasteiger charge is 2.38. The minimum Gasteiger partial charge on any atom is -0.299 e. The fourth-order valence-electron chi connectivity index (χ4n) is 4.55. The number of fused-ring (bicyclic) bond motifs is 1. The van der Waals surface area contributed by atoms with Gasteiger partial charge in [0.2, 0.25) is 0 Å². The number of alkyl halides is 3. The van der Waals surface area contributed by atoms with Gasteiger partial charge in [0, 0.05) is 25.2 Å². The van der Waals surface area contributed by atoms with Crippen molar-refractivity contribution in [2.75, 3.05) is 13.1 Å². The summed E-state index contributed by atoms with van der Waals surface area (Å²) in [5.74, 6) is -0.779. The van der Waals surface area contributed by atoms with Gasteiger partial charge in [0.15, 0.2) is 5.65 Å². The minimum atomic E-state index is -4.57. The molecule has 1 aliphatic rings. The summed E-state index contributed by atoms with van der Waals surface area (Å²) in [4.78, 5) is 1.94. The summed E-state index contributed by atoms with van der Waals surface area (Å²) in [6.45, 7) is 7.14. The Hall–Kier alpha value is -2.55. The monoisotopic (exact) mass is 466 g/mol. The average Bonchev–Trinajstić information content (AvgIpc) is 3.08. The second-order valence-electron chi connectivity index (χ2n) is 9.98. The Balaban J connectivity index is 1.55. The van der Waals surface area contributed by atoms with E-state index in [4.69, 9.17) is 0 Å². The van der Waals surface area contributed by atoms with Gasteiger partial charge in [-0.3, -0.25) is 9.30 Å². The van der Waals surface area contributed by atoms with E-state index in [2.05, 4.69) is 10.2 Å². The lowest BCUT2D eigenvalue weighted by atomic mass is 9.89. The molecule has 0 saturated carbocycles. The number of nitrogens with zero attached hydrogens (tertiary/aromatic N) is 4. The number of hydrogen-bond acceptors (Lipinski definition) is 3. The normalized spacial score (nSPS) is 16.6. The number of halogens is 5. The molecule has 0 radical (unpaired) electrons. The van der Waals surface area contributed by atoms with Gasteiger partial charge in [-0.2, -0.15) is 13.2 Å². The Kier molecular flexibility index (Phi) is 6.20. The molecule has 0 spiro atoms. The van der Waals surface area contributed by atoms with Gasteiger partial charge >= 0.3 is 6.18 Å². The molecule has 3 heterocycles. The summed E-state index contributed by atoms with van der Waals surface area (Å²) in [6, 6.07) is 5.07. The SMILES string of the molecule is CC(C)(C)Cc1nnc2c(C(F)(F)F)c(CN3CCC(c4ccc(F)cc4F)CC3)ccn12. The number of benzene rings is 1. The number of aromatic nitrogens is 3. The number of piperidine rings is 1. The van der Waals surface area contributed by atoms with Gasteiger partial charge in [-0.1, -0.05) is 26.8 Å². The molecule has 2 aromatic heterocycles. The Morgan fingerprint density at radius 1 is 1.00 bits per heavy atom. The van der Waals surface area contributed by atoms with Crippen LogP contribution in [0.1, 0.15) is 62.0 Å². The van der Waals surface area contributed by atoms with Crippen LogP contribution in [0.3, 0.4) is 0 Å². The molecular weight excluding hydrogens is 439 g/mol. The highest BCUT2D eigenvalue weighted by atomic mass is 19.4. The van der Waals surface area contributed by atoms with Crippen molar-refractivity contribution in [1.29, 1.82) is 0 Å². The van der Waals surface area contributed by atoms with Gasteiger partial charge in [-0.05, 0) is 60.5 Å². The van der Waals surface area contributed by atoms with E-state index in [9.17, 15) is 22.0 Å². The third-order valence-electron chi connectivity index (χ3n) is 6.09. The van der Waals surface area contributed by atoms with Gasteiger partial charge in [-0.15, -0.1) is 10.2 Å². The van der Waals surface area contributed by atoms with Gasteiger partial charge in [0.25, 0.3) is 0 Å². The molecule has 0 aliphatic carbocycles.